The summed E-state index contributed by atoms with van der Waals surface area (Å²) in [5, 5.41) is 0. The second-order valence-electron chi connectivity index (χ2n) is 4.21. The average Bonchev–Trinajstić information content (AvgIpc) is 2.39. The van der Waals surface area contributed by atoms with E-state index in [4.69, 9.17) is 0 Å². The third kappa shape index (κ3) is 5.32. The molecule has 0 saturated heterocycles. The highest BCUT2D eigenvalue weighted by Crippen LogP contribution is 2.08. The molecule has 1 rings (SSSR count). The lowest BCUT2D eigenvalue weighted by Crippen LogP contribution is -2.31. The first-order valence-corrected chi connectivity index (χ1v) is 7.24. The number of carbonyl (C=O) groups is 1. The van der Waals surface area contributed by atoms with E-state index in [9.17, 15) is 9.00 Å². The molecule has 1 aromatic carbocycles. The predicted molar refractivity (Wildman–Crippen MR) is 79.1 cm³/mol. The minimum atomic E-state index is -1.33. The van der Waals surface area contributed by atoms with E-state index in [-0.39, 0.29) is 18.2 Å². The maximum absolute atomic E-state index is 12.1. The number of ketones is 1. The number of aryl methyl sites for hydroxylation is 1. The largest absolute Gasteiger partial charge is 0.295 e. The molecule has 0 aromatic heterocycles. The van der Waals surface area contributed by atoms with Crippen LogP contribution < -0.4 is 4.72 Å². The number of carbonyl (C=O) groups excluding carboxylic acids is 1. The maximum Gasteiger partial charge on any atom is 0.157 e. The van der Waals surface area contributed by atoms with Gasteiger partial charge in [0.1, 0.15) is 11.0 Å². The van der Waals surface area contributed by atoms with Gasteiger partial charge in [0.2, 0.25) is 0 Å². The van der Waals surface area contributed by atoms with Crippen LogP contribution in [0.15, 0.2) is 54.0 Å². The fourth-order valence-electron chi connectivity index (χ4n) is 1.55. The second kappa shape index (κ2) is 7.81. The van der Waals surface area contributed by atoms with Gasteiger partial charge in [0.05, 0.1) is 4.90 Å². The van der Waals surface area contributed by atoms with Crippen LogP contribution in [0.2, 0.25) is 0 Å². The molecule has 0 saturated carbocycles. The Morgan fingerprint density at radius 1 is 1.42 bits per heavy atom. The first-order valence-electron chi connectivity index (χ1n) is 6.09. The number of benzene rings is 1. The van der Waals surface area contributed by atoms with Gasteiger partial charge in [-0.2, -0.15) is 0 Å². The molecule has 0 bridgehead atoms. The Balaban J connectivity index is 2.73. The highest BCUT2D eigenvalue weighted by Gasteiger charge is 2.12. The molecule has 0 amide bonds. The third-order valence-electron chi connectivity index (χ3n) is 2.57. The van der Waals surface area contributed by atoms with Gasteiger partial charge < -0.3 is 0 Å². The van der Waals surface area contributed by atoms with Crippen molar-refractivity contribution in [3.05, 3.63) is 54.6 Å². The van der Waals surface area contributed by atoms with Crippen molar-refractivity contribution in [1.29, 1.82) is 0 Å². The lowest BCUT2D eigenvalue weighted by atomic mass is 10.1. The Labute approximate surface area is 117 Å². The average molecular weight is 277 g/mol. The summed E-state index contributed by atoms with van der Waals surface area (Å²) in [5.74, 6) is -0.0727. The highest BCUT2D eigenvalue weighted by molar-refractivity contribution is 7.83. The number of hydrogen-bond donors (Lipinski definition) is 1. The van der Waals surface area contributed by atoms with E-state index in [1.165, 1.54) is 6.08 Å². The van der Waals surface area contributed by atoms with Crippen molar-refractivity contribution in [2.45, 2.75) is 31.2 Å². The molecule has 2 atom stereocenters. The maximum atomic E-state index is 12.1. The van der Waals surface area contributed by atoms with Crippen molar-refractivity contribution < 1.29 is 9.00 Å². The van der Waals surface area contributed by atoms with Crippen LogP contribution in [0.3, 0.4) is 0 Å². The Morgan fingerprint density at radius 3 is 2.58 bits per heavy atom. The van der Waals surface area contributed by atoms with Gasteiger partial charge in [0.15, 0.2) is 5.78 Å². The lowest BCUT2D eigenvalue weighted by Gasteiger charge is -2.13. The Kier molecular flexibility index (Phi) is 6.39. The number of hydrogen-bond acceptors (Lipinski definition) is 2. The molecule has 0 unspecified atom stereocenters. The van der Waals surface area contributed by atoms with E-state index in [2.05, 4.69) is 11.3 Å². The summed E-state index contributed by atoms with van der Waals surface area (Å²) in [5.41, 5.74) is 1.12. The van der Waals surface area contributed by atoms with Crippen molar-refractivity contribution >= 4 is 16.8 Å². The van der Waals surface area contributed by atoms with Gasteiger partial charge in [0, 0.05) is 12.5 Å². The molecule has 4 heteroatoms. The molecule has 102 valence electrons. The standard InChI is InChI=1S/C15H19NO2S/c1-4-6-13(11-14(17)5-2)16-19(18)15-9-7-12(3)8-10-15/h4-10,13,16H,2,11H2,1,3H3/b6-4+/t13-,19-/m0/s1. The van der Waals surface area contributed by atoms with Gasteiger partial charge in [-0.1, -0.05) is 36.4 Å². The fraction of sp³-hybridized carbons (Fsp3) is 0.267. The summed E-state index contributed by atoms with van der Waals surface area (Å²) in [7, 11) is -1.33. The van der Waals surface area contributed by atoms with E-state index < -0.39 is 11.0 Å². The van der Waals surface area contributed by atoms with Gasteiger partial charge in [-0.25, -0.2) is 8.93 Å². The lowest BCUT2D eigenvalue weighted by molar-refractivity contribution is -0.114. The third-order valence-corrected chi connectivity index (χ3v) is 3.78. The summed E-state index contributed by atoms with van der Waals surface area (Å²) < 4.78 is 15.1. The van der Waals surface area contributed by atoms with E-state index in [1.54, 1.807) is 0 Å². The van der Waals surface area contributed by atoms with Crippen molar-refractivity contribution in [1.82, 2.24) is 4.72 Å². The highest BCUT2D eigenvalue weighted by atomic mass is 32.2. The Bertz CT molecular complexity index is 491. The van der Waals surface area contributed by atoms with Crippen molar-refractivity contribution in [2.75, 3.05) is 0 Å². The first kappa shape index (κ1) is 15.5. The molecule has 0 aliphatic heterocycles. The minimum Gasteiger partial charge on any atom is -0.295 e. The minimum absolute atomic E-state index is 0.0727. The zero-order valence-corrected chi connectivity index (χ0v) is 12.1. The van der Waals surface area contributed by atoms with Gasteiger partial charge in [0.25, 0.3) is 0 Å². The van der Waals surface area contributed by atoms with Crippen LogP contribution in [-0.4, -0.2) is 16.0 Å². The van der Waals surface area contributed by atoms with Gasteiger partial charge >= 0.3 is 0 Å². The van der Waals surface area contributed by atoms with Crippen LogP contribution in [0.5, 0.6) is 0 Å². The van der Waals surface area contributed by atoms with Crippen LogP contribution in [0.4, 0.5) is 0 Å². The van der Waals surface area contributed by atoms with Crippen LogP contribution in [0.25, 0.3) is 0 Å². The smallest absolute Gasteiger partial charge is 0.157 e. The van der Waals surface area contributed by atoms with E-state index in [1.807, 2.05) is 50.3 Å². The fourth-order valence-corrected chi connectivity index (χ4v) is 2.51. The SMILES string of the molecule is C=CC(=O)C[C@H](/C=C/C)N[S@@](=O)c1ccc(C)cc1. The van der Waals surface area contributed by atoms with Crippen molar-refractivity contribution in [3.63, 3.8) is 0 Å². The summed E-state index contributed by atoms with van der Waals surface area (Å²) in [6.45, 7) is 7.28. The van der Waals surface area contributed by atoms with Crippen molar-refractivity contribution in [2.24, 2.45) is 0 Å². The molecule has 0 radical (unpaired) electrons. The molecule has 0 aliphatic rings. The summed E-state index contributed by atoms with van der Waals surface area (Å²) >= 11 is 0. The normalized spacial score (nSPS) is 14.2. The monoisotopic (exact) mass is 277 g/mol. The molecular formula is C15H19NO2S. The molecule has 1 N–H and O–H groups in total. The van der Waals surface area contributed by atoms with Gasteiger partial charge in [-0.05, 0) is 32.1 Å². The molecular weight excluding hydrogens is 258 g/mol. The molecule has 0 aliphatic carbocycles. The van der Waals surface area contributed by atoms with Gasteiger partial charge in [-0.3, -0.25) is 4.79 Å². The van der Waals surface area contributed by atoms with Crippen molar-refractivity contribution in [3.8, 4) is 0 Å². The molecule has 0 spiro atoms. The predicted octanol–water partition coefficient (Wildman–Crippen LogP) is 2.70. The second-order valence-corrected chi connectivity index (χ2v) is 5.45. The molecule has 3 nitrogen and oxygen atoms in total. The topological polar surface area (TPSA) is 46.2 Å². The molecule has 19 heavy (non-hydrogen) atoms. The molecule has 1 aromatic rings. The van der Waals surface area contributed by atoms with Crippen LogP contribution >= 0.6 is 0 Å². The Morgan fingerprint density at radius 2 is 2.05 bits per heavy atom. The number of allylic oxidation sites excluding steroid dienone is 2. The number of nitrogens with one attached hydrogen (secondary N) is 1. The van der Waals surface area contributed by atoms with Crippen LogP contribution in [-0.2, 0) is 15.8 Å². The van der Waals surface area contributed by atoms with Gasteiger partial charge in [-0.15, -0.1) is 0 Å². The summed E-state index contributed by atoms with van der Waals surface area (Å²) in [4.78, 5) is 12.1. The van der Waals surface area contributed by atoms with E-state index >= 15 is 0 Å². The molecule has 0 heterocycles. The zero-order chi connectivity index (χ0) is 14.3. The molecule has 0 fully saturated rings. The first-order chi connectivity index (χ1) is 9.06. The van der Waals surface area contributed by atoms with E-state index in [0.717, 1.165) is 5.56 Å². The quantitative estimate of drug-likeness (QED) is 0.615. The summed E-state index contributed by atoms with van der Waals surface area (Å²) in [6, 6.07) is 7.21. The van der Waals surface area contributed by atoms with E-state index in [0.29, 0.717) is 4.90 Å². The van der Waals surface area contributed by atoms with Crippen LogP contribution in [0, 0.1) is 6.92 Å². The zero-order valence-electron chi connectivity index (χ0n) is 11.3. The van der Waals surface area contributed by atoms with Crippen LogP contribution in [0.1, 0.15) is 18.9 Å². The Hall–Kier alpha value is -1.52. The summed E-state index contributed by atoms with van der Waals surface area (Å²) in [6.07, 6.45) is 5.20. The number of rotatable bonds is 7.